The molecule has 1 heterocycles. The predicted molar refractivity (Wildman–Crippen MR) is 139 cm³/mol. The average Bonchev–Trinajstić information content (AvgIpc) is 3.22. The molecule has 0 bridgehead atoms. The van der Waals surface area contributed by atoms with Gasteiger partial charge in [0.2, 0.25) is 0 Å². The van der Waals surface area contributed by atoms with E-state index in [0.29, 0.717) is 5.56 Å². The van der Waals surface area contributed by atoms with Crippen LogP contribution in [-0.4, -0.2) is 17.5 Å². The molecule has 1 aliphatic carbocycles. The number of ether oxygens (including phenoxy) is 1. The van der Waals surface area contributed by atoms with Crippen molar-refractivity contribution < 1.29 is 9.53 Å². The number of nitrogens with zero attached hydrogens (tertiary/aromatic N) is 1. The number of aromatic nitrogens is 1. The number of carbonyl (C=O) groups is 1. The van der Waals surface area contributed by atoms with Crippen LogP contribution in [0.5, 0.6) is 5.75 Å². The van der Waals surface area contributed by atoms with Crippen LogP contribution in [0, 0.1) is 6.92 Å². The van der Waals surface area contributed by atoms with Gasteiger partial charge in [0.05, 0.1) is 12.6 Å². The van der Waals surface area contributed by atoms with Crippen molar-refractivity contribution in [1.29, 1.82) is 0 Å². The smallest absolute Gasteiger partial charge is 0.193 e. The van der Waals surface area contributed by atoms with Crippen LogP contribution in [0.15, 0.2) is 78.9 Å². The van der Waals surface area contributed by atoms with Crippen LogP contribution >= 0.6 is 0 Å². The van der Waals surface area contributed by atoms with E-state index < -0.39 is 0 Å². The minimum absolute atomic E-state index is 0.0438. The Hall–Kier alpha value is -3.85. The Morgan fingerprint density at radius 2 is 1.50 bits per heavy atom. The first-order chi connectivity index (χ1) is 16.7. The second-order valence-corrected chi connectivity index (χ2v) is 9.17. The molecular formula is C31H27NO2. The van der Waals surface area contributed by atoms with E-state index in [-0.39, 0.29) is 5.78 Å². The van der Waals surface area contributed by atoms with Gasteiger partial charge in [-0.05, 0) is 85.5 Å². The molecule has 3 heteroatoms. The minimum Gasteiger partial charge on any atom is -0.496 e. The highest BCUT2D eigenvalue weighted by molar-refractivity contribution is 6.17. The molecule has 6 rings (SSSR count). The first-order valence-corrected chi connectivity index (χ1v) is 12.0. The van der Waals surface area contributed by atoms with Crippen LogP contribution in [0.3, 0.4) is 0 Å². The Labute approximate surface area is 199 Å². The summed E-state index contributed by atoms with van der Waals surface area (Å²) in [7, 11) is 1.66. The van der Waals surface area contributed by atoms with Crippen molar-refractivity contribution >= 4 is 27.5 Å². The van der Waals surface area contributed by atoms with Gasteiger partial charge in [0.1, 0.15) is 5.75 Å². The van der Waals surface area contributed by atoms with E-state index in [1.165, 1.54) is 35.0 Å². The van der Waals surface area contributed by atoms with E-state index in [1.807, 2.05) is 49.4 Å². The van der Waals surface area contributed by atoms with Gasteiger partial charge in [-0.15, -0.1) is 0 Å². The fraction of sp³-hybridized carbons (Fsp3) is 0.194. The number of hydrogen-bond donors (Lipinski definition) is 0. The van der Waals surface area contributed by atoms with Crippen molar-refractivity contribution in [3.05, 3.63) is 107 Å². The second kappa shape index (κ2) is 8.18. The molecule has 4 aromatic carbocycles. The normalized spacial score (nSPS) is 13.2. The summed E-state index contributed by atoms with van der Waals surface area (Å²) in [6.07, 6.45) is 4.72. The van der Waals surface area contributed by atoms with Gasteiger partial charge in [0, 0.05) is 33.3 Å². The molecule has 0 spiro atoms. The Balaban J connectivity index is 1.47. The molecule has 1 aromatic heterocycles. The summed E-state index contributed by atoms with van der Waals surface area (Å²) in [5.41, 5.74) is 7.74. The van der Waals surface area contributed by atoms with Crippen molar-refractivity contribution in [2.24, 2.45) is 0 Å². The van der Waals surface area contributed by atoms with E-state index in [0.717, 1.165) is 46.2 Å². The van der Waals surface area contributed by atoms with Crippen LogP contribution in [0.2, 0.25) is 0 Å². The summed E-state index contributed by atoms with van der Waals surface area (Å²) >= 11 is 0. The van der Waals surface area contributed by atoms with E-state index in [2.05, 4.69) is 41.0 Å². The molecule has 0 saturated heterocycles. The molecule has 168 valence electrons. The van der Waals surface area contributed by atoms with Crippen LogP contribution in [0.4, 0.5) is 0 Å². The lowest BCUT2D eigenvalue weighted by Crippen LogP contribution is -2.09. The standard InChI is InChI=1S/C31H27NO2/c1-20-19-21(32-28-13-7-5-10-24(28)25-11-6-8-14-29(25)32)15-16-22(20)31(33)27-17-18-30(34-2)26-12-4-3-9-23(26)27/h3-5,7,9-10,12-13,15-19H,6,8,11,14H2,1-2H3. The molecule has 0 amide bonds. The predicted octanol–water partition coefficient (Wildman–Crippen LogP) is 7.21. The molecule has 0 unspecified atom stereocenters. The number of aryl methyl sites for hydroxylation is 2. The van der Waals surface area contributed by atoms with Crippen LogP contribution in [-0.2, 0) is 12.8 Å². The number of hydrogen-bond acceptors (Lipinski definition) is 2. The monoisotopic (exact) mass is 445 g/mol. The topological polar surface area (TPSA) is 31.2 Å². The summed E-state index contributed by atoms with van der Waals surface area (Å²) in [4.78, 5) is 13.7. The summed E-state index contributed by atoms with van der Waals surface area (Å²) in [5, 5.41) is 3.23. The summed E-state index contributed by atoms with van der Waals surface area (Å²) in [5.74, 6) is 0.825. The highest BCUT2D eigenvalue weighted by Crippen LogP contribution is 2.35. The lowest BCUT2D eigenvalue weighted by molar-refractivity contribution is 0.103. The van der Waals surface area contributed by atoms with E-state index in [4.69, 9.17) is 4.74 Å². The first kappa shape index (κ1) is 20.7. The highest BCUT2D eigenvalue weighted by atomic mass is 16.5. The summed E-state index contributed by atoms with van der Waals surface area (Å²) in [6, 6.07) is 26.7. The third-order valence-electron chi connectivity index (χ3n) is 7.24. The maximum Gasteiger partial charge on any atom is 0.193 e. The first-order valence-electron chi connectivity index (χ1n) is 12.0. The number of ketones is 1. The van der Waals surface area contributed by atoms with Gasteiger partial charge >= 0.3 is 0 Å². The Kier molecular flexibility index (Phi) is 4.99. The Morgan fingerprint density at radius 1 is 0.794 bits per heavy atom. The molecule has 0 N–H and O–H groups in total. The third-order valence-corrected chi connectivity index (χ3v) is 7.24. The zero-order valence-electron chi connectivity index (χ0n) is 19.6. The van der Waals surface area contributed by atoms with Gasteiger partial charge < -0.3 is 9.30 Å². The molecule has 3 nitrogen and oxygen atoms in total. The highest BCUT2D eigenvalue weighted by Gasteiger charge is 2.22. The van der Waals surface area contributed by atoms with Crippen LogP contribution in [0.1, 0.15) is 45.6 Å². The van der Waals surface area contributed by atoms with Gasteiger partial charge in [0.25, 0.3) is 0 Å². The summed E-state index contributed by atoms with van der Waals surface area (Å²) in [6.45, 7) is 2.04. The molecule has 34 heavy (non-hydrogen) atoms. The van der Waals surface area contributed by atoms with Gasteiger partial charge in [-0.25, -0.2) is 0 Å². The molecular weight excluding hydrogens is 418 g/mol. The number of methoxy groups -OCH3 is 1. The van der Waals surface area contributed by atoms with Crippen LogP contribution < -0.4 is 4.74 Å². The molecule has 0 atom stereocenters. The SMILES string of the molecule is COc1ccc(C(=O)c2ccc(-n3c4c(c5ccccc53)CCCC4)cc2C)c2ccccc12. The zero-order chi connectivity index (χ0) is 23.2. The van der Waals surface area contributed by atoms with Gasteiger partial charge in [-0.3, -0.25) is 4.79 Å². The van der Waals surface area contributed by atoms with Crippen molar-refractivity contribution in [2.75, 3.05) is 7.11 Å². The summed E-state index contributed by atoms with van der Waals surface area (Å²) < 4.78 is 7.93. The molecule has 0 radical (unpaired) electrons. The second-order valence-electron chi connectivity index (χ2n) is 9.17. The maximum absolute atomic E-state index is 13.7. The number of carbonyl (C=O) groups excluding carboxylic acids is 1. The van der Waals surface area contributed by atoms with Gasteiger partial charge in [-0.2, -0.15) is 0 Å². The fourth-order valence-electron chi connectivity index (χ4n) is 5.62. The van der Waals surface area contributed by atoms with Crippen molar-refractivity contribution in [2.45, 2.75) is 32.6 Å². The zero-order valence-corrected chi connectivity index (χ0v) is 19.6. The van der Waals surface area contributed by atoms with Crippen molar-refractivity contribution in [3.8, 4) is 11.4 Å². The minimum atomic E-state index is 0.0438. The molecule has 0 saturated carbocycles. The van der Waals surface area contributed by atoms with E-state index in [9.17, 15) is 4.79 Å². The van der Waals surface area contributed by atoms with E-state index in [1.54, 1.807) is 7.11 Å². The Bertz CT molecular complexity index is 1570. The lowest BCUT2D eigenvalue weighted by Gasteiger charge is -2.17. The number of benzene rings is 4. The van der Waals surface area contributed by atoms with Gasteiger partial charge in [0.15, 0.2) is 5.78 Å². The number of rotatable bonds is 4. The average molecular weight is 446 g/mol. The molecule has 1 aliphatic rings. The quantitative estimate of drug-likeness (QED) is 0.274. The number of fused-ring (bicyclic) bond motifs is 4. The molecule has 0 aliphatic heterocycles. The van der Waals surface area contributed by atoms with Crippen molar-refractivity contribution in [3.63, 3.8) is 0 Å². The molecule has 5 aromatic rings. The largest absolute Gasteiger partial charge is 0.496 e. The number of para-hydroxylation sites is 1. The molecule has 0 fully saturated rings. The van der Waals surface area contributed by atoms with Crippen molar-refractivity contribution in [1.82, 2.24) is 4.57 Å². The lowest BCUT2D eigenvalue weighted by atomic mass is 9.94. The third kappa shape index (κ3) is 3.15. The fourth-order valence-corrected chi connectivity index (χ4v) is 5.62. The van der Waals surface area contributed by atoms with Gasteiger partial charge in [-0.1, -0.05) is 42.5 Å². The Morgan fingerprint density at radius 3 is 2.29 bits per heavy atom. The maximum atomic E-state index is 13.7. The van der Waals surface area contributed by atoms with Crippen LogP contribution in [0.25, 0.3) is 27.4 Å². The van der Waals surface area contributed by atoms with E-state index >= 15 is 0 Å².